The average Bonchev–Trinajstić information content (AvgIpc) is 2.16. The van der Waals surface area contributed by atoms with Gasteiger partial charge in [-0.15, -0.1) is 0 Å². The van der Waals surface area contributed by atoms with Gasteiger partial charge >= 0.3 is 5.97 Å². The molecular weight excluding hydrogens is 176 g/mol. The van der Waals surface area contributed by atoms with Crippen LogP contribution in [0.2, 0.25) is 0 Å². The number of hydrazine groups is 1. The molecule has 0 aliphatic carbocycles. The van der Waals surface area contributed by atoms with E-state index in [1.54, 1.807) is 0 Å². The molecule has 1 rings (SSSR count). The number of hydrogen-bond donors (Lipinski definition) is 3. The van der Waals surface area contributed by atoms with Crippen LogP contribution in [0.15, 0.2) is 23.4 Å². The Kier molecular flexibility index (Phi) is 2.63. The molecule has 1 aliphatic rings. The quantitative estimate of drug-likeness (QED) is 0.552. The zero-order valence-corrected chi connectivity index (χ0v) is 7.25. The Morgan fingerprint density at radius 2 is 2.08 bits per heavy atom. The van der Waals surface area contributed by atoms with Crippen molar-refractivity contribution in [2.45, 2.75) is 0 Å². The van der Waals surface area contributed by atoms with Crippen molar-refractivity contribution in [3.05, 3.63) is 23.4 Å². The number of aliphatic carboxylic acids is 1. The number of allylic oxidation sites excluding steroid dienone is 1. The number of methoxy groups -OCH3 is 2. The normalized spacial score (nSPS) is 15.4. The van der Waals surface area contributed by atoms with E-state index in [-0.39, 0.29) is 5.70 Å². The van der Waals surface area contributed by atoms with Crippen molar-refractivity contribution in [2.24, 2.45) is 0 Å². The summed E-state index contributed by atoms with van der Waals surface area (Å²) in [5.74, 6) is -0.400. The Labute approximate surface area is 74.8 Å². The Balaban J connectivity index is 2.93. The van der Waals surface area contributed by atoms with Gasteiger partial charge in [-0.3, -0.25) is 10.9 Å². The highest BCUT2D eigenvalue weighted by atomic mass is 16.5. The molecule has 1 heterocycles. The third-order valence-electron chi connectivity index (χ3n) is 1.46. The fraction of sp³-hybridized carbons (Fsp3) is 0.286. The van der Waals surface area contributed by atoms with Crippen molar-refractivity contribution in [1.82, 2.24) is 10.9 Å². The number of rotatable bonds is 3. The predicted octanol–water partition coefficient (Wildman–Crippen LogP) is -0.475. The van der Waals surface area contributed by atoms with Crippen molar-refractivity contribution in [3.8, 4) is 0 Å². The number of carboxylic acids is 1. The van der Waals surface area contributed by atoms with Gasteiger partial charge in [-0.1, -0.05) is 0 Å². The summed E-state index contributed by atoms with van der Waals surface area (Å²) in [6.07, 6.45) is 1.33. The number of carbonyl (C=O) groups is 1. The van der Waals surface area contributed by atoms with Crippen LogP contribution in [-0.4, -0.2) is 25.3 Å². The standard InChI is InChI=1S/C7H10N2O4/c1-12-5-3-4(7(10)11)8-9-6(5)13-2/h3,8-9H,1-2H3,(H,10,11). The molecule has 0 aromatic carbocycles. The molecule has 0 aromatic rings. The van der Waals surface area contributed by atoms with Crippen molar-refractivity contribution < 1.29 is 19.4 Å². The molecule has 6 heteroatoms. The highest BCUT2D eigenvalue weighted by molar-refractivity contribution is 5.86. The number of ether oxygens (including phenoxy) is 2. The summed E-state index contributed by atoms with van der Waals surface area (Å²) in [6, 6.07) is 0. The monoisotopic (exact) mass is 186 g/mol. The maximum atomic E-state index is 10.5. The van der Waals surface area contributed by atoms with Crippen molar-refractivity contribution in [1.29, 1.82) is 0 Å². The van der Waals surface area contributed by atoms with Gasteiger partial charge in [0.1, 0.15) is 5.70 Å². The van der Waals surface area contributed by atoms with E-state index in [2.05, 4.69) is 10.9 Å². The fourth-order valence-electron chi connectivity index (χ4n) is 0.837. The van der Waals surface area contributed by atoms with Crippen molar-refractivity contribution in [2.75, 3.05) is 14.2 Å². The molecule has 0 unspecified atom stereocenters. The minimum Gasteiger partial charge on any atom is -0.491 e. The number of carboxylic acid groups (broad SMARTS) is 1. The number of hydrogen-bond acceptors (Lipinski definition) is 5. The smallest absolute Gasteiger partial charge is 0.353 e. The predicted molar refractivity (Wildman–Crippen MR) is 43.0 cm³/mol. The van der Waals surface area contributed by atoms with Crippen LogP contribution >= 0.6 is 0 Å². The molecular formula is C7H10N2O4. The second-order valence-corrected chi connectivity index (χ2v) is 2.21. The zero-order valence-electron chi connectivity index (χ0n) is 7.25. The second kappa shape index (κ2) is 3.70. The Hall–Kier alpha value is -1.85. The van der Waals surface area contributed by atoms with E-state index in [1.807, 2.05) is 0 Å². The van der Waals surface area contributed by atoms with Crippen LogP contribution < -0.4 is 10.9 Å². The Bertz CT molecular complexity index is 282. The zero-order chi connectivity index (χ0) is 9.84. The first-order chi connectivity index (χ1) is 6.19. The first-order valence-corrected chi connectivity index (χ1v) is 3.48. The molecule has 1 aliphatic heterocycles. The summed E-state index contributed by atoms with van der Waals surface area (Å²) >= 11 is 0. The van der Waals surface area contributed by atoms with Crippen LogP contribution in [-0.2, 0) is 14.3 Å². The second-order valence-electron chi connectivity index (χ2n) is 2.21. The van der Waals surface area contributed by atoms with Gasteiger partial charge in [0.15, 0.2) is 5.76 Å². The largest absolute Gasteiger partial charge is 0.491 e. The molecule has 0 radical (unpaired) electrons. The summed E-state index contributed by atoms with van der Waals surface area (Å²) < 4.78 is 9.75. The lowest BCUT2D eigenvalue weighted by Crippen LogP contribution is -2.38. The minimum atomic E-state index is -1.07. The molecule has 0 amide bonds. The summed E-state index contributed by atoms with van der Waals surface area (Å²) in [6.45, 7) is 0. The molecule has 0 aromatic heterocycles. The van der Waals surface area contributed by atoms with Crippen LogP contribution in [0, 0.1) is 0 Å². The van der Waals surface area contributed by atoms with E-state index in [0.29, 0.717) is 11.6 Å². The van der Waals surface area contributed by atoms with E-state index < -0.39 is 5.97 Å². The molecule has 13 heavy (non-hydrogen) atoms. The first-order valence-electron chi connectivity index (χ1n) is 3.48. The molecule has 0 saturated heterocycles. The maximum absolute atomic E-state index is 10.5. The highest BCUT2D eigenvalue weighted by Gasteiger charge is 2.17. The molecule has 3 N–H and O–H groups in total. The Morgan fingerprint density at radius 3 is 2.54 bits per heavy atom. The van der Waals surface area contributed by atoms with Gasteiger partial charge in [-0.25, -0.2) is 4.79 Å². The lowest BCUT2D eigenvalue weighted by Gasteiger charge is -2.19. The summed E-state index contributed by atoms with van der Waals surface area (Å²) in [5.41, 5.74) is 4.96. The number of nitrogens with one attached hydrogen (secondary N) is 2. The SMILES string of the molecule is COC1=C(OC)NNC(C(=O)O)=C1. The van der Waals surface area contributed by atoms with Crippen LogP contribution in [0.25, 0.3) is 0 Å². The first kappa shape index (κ1) is 9.24. The third-order valence-corrected chi connectivity index (χ3v) is 1.46. The van der Waals surface area contributed by atoms with Gasteiger partial charge in [0.2, 0.25) is 5.88 Å². The lowest BCUT2D eigenvalue weighted by molar-refractivity contribution is -0.133. The van der Waals surface area contributed by atoms with E-state index in [1.165, 1.54) is 20.3 Å². The molecule has 0 spiro atoms. The van der Waals surface area contributed by atoms with Gasteiger partial charge < -0.3 is 14.6 Å². The van der Waals surface area contributed by atoms with Crippen LogP contribution in [0.5, 0.6) is 0 Å². The van der Waals surface area contributed by atoms with Crippen LogP contribution in [0.3, 0.4) is 0 Å². The summed E-state index contributed by atoms with van der Waals surface area (Å²) in [7, 11) is 2.87. The maximum Gasteiger partial charge on any atom is 0.353 e. The molecule has 0 saturated carbocycles. The summed E-state index contributed by atoms with van der Waals surface area (Å²) in [4.78, 5) is 10.5. The molecule has 72 valence electrons. The summed E-state index contributed by atoms with van der Waals surface area (Å²) in [5, 5.41) is 8.62. The topological polar surface area (TPSA) is 79.8 Å². The molecule has 0 fully saturated rings. The van der Waals surface area contributed by atoms with Gasteiger partial charge in [-0.05, 0) is 0 Å². The third kappa shape index (κ3) is 1.84. The van der Waals surface area contributed by atoms with E-state index in [9.17, 15) is 4.79 Å². The molecule has 0 atom stereocenters. The van der Waals surface area contributed by atoms with Gasteiger partial charge in [0.25, 0.3) is 0 Å². The van der Waals surface area contributed by atoms with Crippen LogP contribution in [0.4, 0.5) is 0 Å². The minimum absolute atomic E-state index is 0.00218. The van der Waals surface area contributed by atoms with E-state index in [4.69, 9.17) is 14.6 Å². The highest BCUT2D eigenvalue weighted by Crippen LogP contribution is 2.10. The van der Waals surface area contributed by atoms with E-state index in [0.717, 1.165) is 0 Å². The van der Waals surface area contributed by atoms with Gasteiger partial charge in [0.05, 0.1) is 14.2 Å². The molecule has 6 nitrogen and oxygen atoms in total. The van der Waals surface area contributed by atoms with Gasteiger partial charge in [-0.2, -0.15) is 0 Å². The lowest BCUT2D eigenvalue weighted by atomic mass is 10.3. The van der Waals surface area contributed by atoms with Gasteiger partial charge in [0, 0.05) is 6.08 Å². The average molecular weight is 186 g/mol. The van der Waals surface area contributed by atoms with E-state index >= 15 is 0 Å². The fourth-order valence-corrected chi connectivity index (χ4v) is 0.837. The van der Waals surface area contributed by atoms with Crippen molar-refractivity contribution in [3.63, 3.8) is 0 Å². The van der Waals surface area contributed by atoms with Crippen molar-refractivity contribution >= 4 is 5.97 Å². The Morgan fingerprint density at radius 1 is 1.38 bits per heavy atom. The molecule has 0 bridgehead atoms. The van der Waals surface area contributed by atoms with Crippen LogP contribution in [0.1, 0.15) is 0 Å².